The summed E-state index contributed by atoms with van der Waals surface area (Å²) in [7, 11) is 3.24. The highest BCUT2D eigenvalue weighted by Gasteiger charge is 2.16. The van der Waals surface area contributed by atoms with Crippen LogP contribution in [0.5, 0.6) is 0 Å². The minimum atomic E-state index is -0.0583. The molecule has 7 nitrogen and oxygen atoms in total. The molecule has 0 aliphatic heterocycles. The normalized spacial score (nSPS) is 11.7. The van der Waals surface area contributed by atoms with Crippen LogP contribution in [0.2, 0.25) is 5.02 Å². The van der Waals surface area contributed by atoms with E-state index in [1.54, 1.807) is 26.5 Å². The number of hydrogen-bond donors (Lipinski definition) is 2. The lowest BCUT2D eigenvalue weighted by Gasteiger charge is -2.24. The van der Waals surface area contributed by atoms with Crippen molar-refractivity contribution in [3.8, 4) is 0 Å². The summed E-state index contributed by atoms with van der Waals surface area (Å²) in [5.41, 5.74) is 6.01. The van der Waals surface area contributed by atoms with Crippen LogP contribution in [-0.4, -0.2) is 56.5 Å². The summed E-state index contributed by atoms with van der Waals surface area (Å²) < 4.78 is 10.1. The molecule has 0 aliphatic rings. The molecule has 8 heteroatoms. The number of amidine groups is 1. The fraction of sp³-hybridized carbons (Fsp3) is 0.500. The van der Waals surface area contributed by atoms with E-state index in [1.807, 2.05) is 4.90 Å². The molecule has 0 aromatic carbocycles. The lowest BCUT2D eigenvalue weighted by molar-refractivity contribution is 0.190. The Morgan fingerprint density at radius 1 is 1.40 bits per heavy atom. The number of aromatic nitrogens is 1. The Balaban J connectivity index is 3.05. The standard InChI is InChI=1S/C12H19ClN4O3/c1-19-7-5-17(6-8-20-2)12-10(13)9(3-4-15-12)11(14)16-18/h3-4,18H,5-8H2,1-2H3,(H2,14,16). The van der Waals surface area contributed by atoms with Crippen molar-refractivity contribution in [3.05, 3.63) is 22.8 Å². The Kier molecular flexibility index (Phi) is 7.06. The summed E-state index contributed by atoms with van der Waals surface area (Å²) >= 11 is 6.28. The average Bonchev–Trinajstić information content (AvgIpc) is 2.47. The average molecular weight is 303 g/mol. The molecule has 0 amide bonds. The minimum absolute atomic E-state index is 0.0583. The lowest BCUT2D eigenvalue weighted by Crippen LogP contribution is -2.32. The highest BCUT2D eigenvalue weighted by molar-refractivity contribution is 6.36. The quantitative estimate of drug-likeness (QED) is 0.321. The Morgan fingerprint density at radius 3 is 2.50 bits per heavy atom. The van der Waals surface area contributed by atoms with Crippen LogP contribution in [0.25, 0.3) is 0 Å². The van der Waals surface area contributed by atoms with Gasteiger partial charge in [0.05, 0.1) is 18.2 Å². The van der Waals surface area contributed by atoms with Gasteiger partial charge in [-0.15, -0.1) is 0 Å². The van der Waals surface area contributed by atoms with Crippen molar-refractivity contribution in [2.45, 2.75) is 0 Å². The zero-order chi connectivity index (χ0) is 15.0. The Hall–Kier alpha value is -1.57. The molecule has 3 N–H and O–H groups in total. The third-order valence-electron chi connectivity index (χ3n) is 2.68. The van der Waals surface area contributed by atoms with Crippen LogP contribution in [-0.2, 0) is 9.47 Å². The van der Waals surface area contributed by atoms with Gasteiger partial charge in [0.25, 0.3) is 0 Å². The van der Waals surface area contributed by atoms with Crippen LogP contribution in [0.1, 0.15) is 5.56 Å². The predicted molar refractivity (Wildman–Crippen MR) is 77.7 cm³/mol. The predicted octanol–water partition coefficient (Wildman–Crippen LogP) is 0.929. The number of rotatable bonds is 8. The molecule has 0 spiro atoms. The van der Waals surface area contributed by atoms with E-state index in [1.165, 1.54) is 0 Å². The number of hydrogen-bond acceptors (Lipinski definition) is 6. The van der Waals surface area contributed by atoms with Gasteiger partial charge in [-0.05, 0) is 6.07 Å². The van der Waals surface area contributed by atoms with E-state index in [2.05, 4.69) is 10.1 Å². The zero-order valence-electron chi connectivity index (χ0n) is 11.5. The zero-order valence-corrected chi connectivity index (χ0v) is 12.3. The summed E-state index contributed by atoms with van der Waals surface area (Å²) in [5, 5.41) is 12.0. The second kappa shape index (κ2) is 8.57. The number of nitrogens with zero attached hydrogens (tertiary/aromatic N) is 3. The molecule has 112 valence electrons. The second-order valence-electron chi connectivity index (χ2n) is 3.95. The summed E-state index contributed by atoms with van der Waals surface area (Å²) in [5.74, 6) is 0.488. The van der Waals surface area contributed by atoms with E-state index in [0.717, 1.165) is 0 Å². The third-order valence-corrected chi connectivity index (χ3v) is 3.06. The number of methoxy groups -OCH3 is 2. The summed E-state index contributed by atoms with van der Waals surface area (Å²) in [6.45, 7) is 2.25. The highest BCUT2D eigenvalue weighted by Crippen LogP contribution is 2.26. The Labute approximate surface area is 122 Å². The van der Waals surface area contributed by atoms with Crippen molar-refractivity contribution in [1.82, 2.24) is 4.98 Å². The first-order valence-electron chi connectivity index (χ1n) is 6.00. The molecule has 1 heterocycles. The van der Waals surface area contributed by atoms with Gasteiger partial charge in [-0.25, -0.2) is 4.98 Å². The maximum absolute atomic E-state index is 8.76. The fourth-order valence-electron chi connectivity index (χ4n) is 1.63. The molecule has 1 aromatic heterocycles. The van der Waals surface area contributed by atoms with E-state index in [4.69, 9.17) is 32.0 Å². The maximum Gasteiger partial charge on any atom is 0.171 e. The van der Waals surface area contributed by atoms with Crippen LogP contribution in [0.15, 0.2) is 17.4 Å². The molecule has 0 saturated carbocycles. The van der Waals surface area contributed by atoms with Crippen molar-refractivity contribution in [3.63, 3.8) is 0 Å². The van der Waals surface area contributed by atoms with Crippen molar-refractivity contribution in [1.29, 1.82) is 0 Å². The maximum atomic E-state index is 8.76. The fourth-order valence-corrected chi connectivity index (χ4v) is 1.96. The number of oxime groups is 1. The van der Waals surface area contributed by atoms with Gasteiger partial charge in [-0.2, -0.15) is 0 Å². The number of pyridine rings is 1. The molecule has 0 bridgehead atoms. The van der Waals surface area contributed by atoms with Gasteiger partial charge < -0.3 is 25.3 Å². The molecule has 0 radical (unpaired) electrons. The minimum Gasteiger partial charge on any atom is -0.409 e. The topological polar surface area (TPSA) is 93.2 Å². The number of anilines is 1. The first-order valence-corrected chi connectivity index (χ1v) is 6.38. The Morgan fingerprint density at radius 2 is 2.00 bits per heavy atom. The van der Waals surface area contributed by atoms with E-state index < -0.39 is 0 Å². The second-order valence-corrected chi connectivity index (χ2v) is 4.33. The molecule has 0 unspecified atom stereocenters. The van der Waals surface area contributed by atoms with Gasteiger partial charge in [0.15, 0.2) is 5.84 Å². The molecule has 0 fully saturated rings. The molecule has 1 rings (SSSR count). The van der Waals surface area contributed by atoms with Gasteiger partial charge in [0.2, 0.25) is 0 Å². The summed E-state index contributed by atoms with van der Waals surface area (Å²) in [6.07, 6.45) is 1.56. The van der Waals surface area contributed by atoms with Crippen LogP contribution < -0.4 is 10.6 Å². The van der Waals surface area contributed by atoms with E-state index in [0.29, 0.717) is 42.7 Å². The van der Waals surface area contributed by atoms with Crippen LogP contribution in [0.4, 0.5) is 5.82 Å². The molecule has 0 saturated heterocycles. The van der Waals surface area contributed by atoms with Gasteiger partial charge in [-0.1, -0.05) is 16.8 Å². The lowest BCUT2D eigenvalue weighted by atomic mass is 10.2. The van der Waals surface area contributed by atoms with Crippen molar-refractivity contribution in [2.24, 2.45) is 10.9 Å². The van der Waals surface area contributed by atoms with Gasteiger partial charge in [0, 0.05) is 39.1 Å². The molecule has 0 atom stereocenters. The number of halogens is 1. The first kappa shape index (κ1) is 16.5. The molecule has 0 aliphatic carbocycles. The highest BCUT2D eigenvalue weighted by atomic mass is 35.5. The van der Waals surface area contributed by atoms with E-state index in [9.17, 15) is 0 Å². The van der Waals surface area contributed by atoms with Crippen molar-refractivity contribution >= 4 is 23.3 Å². The Bertz CT molecular complexity index is 448. The van der Waals surface area contributed by atoms with Crippen LogP contribution in [0.3, 0.4) is 0 Å². The molecule has 1 aromatic rings. The van der Waals surface area contributed by atoms with Crippen molar-refractivity contribution < 1.29 is 14.7 Å². The molecule has 20 heavy (non-hydrogen) atoms. The van der Waals surface area contributed by atoms with Crippen LogP contribution in [0, 0.1) is 0 Å². The van der Waals surface area contributed by atoms with E-state index >= 15 is 0 Å². The SMILES string of the molecule is COCCN(CCOC)c1nccc(/C(N)=N/O)c1Cl. The van der Waals surface area contributed by atoms with Gasteiger partial charge in [0.1, 0.15) is 5.82 Å². The molecular weight excluding hydrogens is 284 g/mol. The third kappa shape index (κ3) is 4.22. The molecular formula is C12H19ClN4O3. The monoisotopic (exact) mass is 302 g/mol. The first-order chi connectivity index (χ1) is 9.65. The smallest absolute Gasteiger partial charge is 0.171 e. The van der Waals surface area contributed by atoms with Crippen LogP contribution >= 0.6 is 11.6 Å². The largest absolute Gasteiger partial charge is 0.409 e. The summed E-state index contributed by atoms with van der Waals surface area (Å²) in [6, 6.07) is 1.59. The van der Waals surface area contributed by atoms with Gasteiger partial charge >= 0.3 is 0 Å². The summed E-state index contributed by atoms with van der Waals surface area (Å²) in [4.78, 5) is 6.17. The number of ether oxygens (including phenoxy) is 2. The van der Waals surface area contributed by atoms with E-state index in [-0.39, 0.29) is 5.84 Å². The number of nitrogens with two attached hydrogens (primary N) is 1. The van der Waals surface area contributed by atoms with Crippen molar-refractivity contribution in [2.75, 3.05) is 45.4 Å². The van der Waals surface area contributed by atoms with Gasteiger partial charge in [-0.3, -0.25) is 0 Å².